The summed E-state index contributed by atoms with van der Waals surface area (Å²) in [6.45, 7) is 6.46. The molecule has 72 valence electrons. The monoisotopic (exact) mass is 174 g/mol. The first-order valence-electron chi connectivity index (χ1n) is 4.14. The first-order chi connectivity index (χ1) is 5.52. The van der Waals surface area contributed by atoms with E-state index in [0.29, 0.717) is 6.54 Å². The highest BCUT2D eigenvalue weighted by Crippen LogP contribution is 1.97. The third-order valence-corrected chi connectivity index (χ3v) is 1.50. The van der Waals surface area contributed by atoms with E-state index in [9.17, 15) is 4.79 Å². The number of nitrogens with one attached hydrogen (secondary N) is 2. The molecule has 0 bridgehead atoms. The minimum atomic E-state index is -0.384. The van der Waals surface area contributed by atoms with E-state index in [1.165, 1.54) is 0 Å². The van der Waals surface area contributed by atoms with Gasteiger partial charge in [0.2, 0.25) is 5.91 Å². The maximum absolute atomic E-state index is 11.0. The maximum Gasteiger partial charge on any atom is 0.233 e. The predicted molar refractivity (Wildman–Crippen MR) is 47.9 cm³/mol. The Morgan fingerprint density at radius 2 is 2.08 bits per heavy atom. The molecule has 0 aromatic rings. The van der Waals surface area contributed by atoms with E-state index in [1.54, 1.807) is 0 Å². The minimum Gasteiger partial charge on any atom is -0.394 e. The molecule has 0 atom stereocenters. The molecule has 0 aliphatic rings. The summed E-state index contributed by atoms with van der Waals surface area (Å²) < 4.78 is 0. The number of aliphatic hydroxyl groups excluding tert-OH is 1. The molecule has 0 saturated heterocycles. The lowest BCUT2D eigenvalue weighted by Crippen LogP contribution is -2.47. The Hall–Kier alpha value is -0.610. The van der Waals surface area contributed by atoms with Gasteiger partial charge >= 0.3 is 0 Å². The van der Waals surface area contributed by atoms with Crippen LogP contribution in [-0.4, -0.2) is 36.2 Å². The summed E-state index contributed by atoms with van der Waals surface area (Å²) in [5.41, 5.74) is -0.384. The fraction of sp³-hybridized carbons (Fsp3) is 0.875. The molecule has 4 heteroatoms. The summed E-state index contributed by atoms with van der Waals surface area (Å²) in [6, 6.07) is 0. The van der Waals surface area contributed by atoms with Gasteiger partial charge in [0, 0.05) is 12.1 Å². The van der Waals surface area contributed by atoms with E-state index in [1.807, 2.05) is 20.8 Å². The van der Waals surface area contributed by atoms with Crippen molar-refractivity contribution in [3.8, 4) is 0 Å². The third-order valence-electron chi connectivity index (χ3n) is 1.50. The summed E-state index contributed by atoms with van der Waals surface area (Å²) in [7, 11) is 0. The summed E-state index contributed by atoms with van der Waals surface area (Å²) in [4.78, 5) is 11.0. The van der Waals surface area contributed by atoms with Crippen molar-refractivity contribution >= 4 is 5.91 Å². The summed E-state index contributed by atoms with van der Waals surface area (Å²) >= 11 is 0. The second-order valence-electron chi connectivity index (χ2n) is 3.35. The van der Waals surface area contributed by atoms with Crippen molar-refractivity contribution < 1.29 is 9.90 Å². The average Bonchev–Trinajstić information content (AvgIpc) is 2.02. The molecular weight excluding hydrogens is 156 g/mol. The van der Waals surface area contributed by atoms with E-state index < -0.39 is 0 Å². The number of rotatable bonds is 5. The Morgan fingerprint density at radius 1 is 1.50 bits per heavy atom. The summed E-state index contributed by atoms with van der Waals surface area (Å²) in [5.74, 6) is -0.0426. The highest BCUT2D eigenvalue weighted by Gasteiger charge is 2.15. The number of hydrogen-bond acceptors (Lipinski definition) is 3. The van der Waals surface area contributed by atoms with Crippen molar-refractivity contribution in [2.24, 2.45) is 0 Å². The van der Waals surface area contributed by atoms with Gasteiger partial charge in [0.05, 0.1) is 13.2 Å². The second kappa shape index (κ2) is 5.11. The molecule has 12 heavy (non-hydrogen) atoms. The highest BCUT2D eigenvalue weighted by molar-refractivity contribution is 5.77. The summed E-state index contributed by atoms with van der Waals surface area (Å²) in [5, 5.41) is 14.4. The molecule has 0 rings (SSSR count). The van der Waals surface area contributed by atoms with Crippen LogP contribution in [0.1, 0.15) is 20.8 Å². The number of hydrogen-bond donors (Lipinski definition) is 3. The van der Waals surface area contributed by atoms with Crippen molar-refractivity contribution in [2.45, 2.75) is 26.3 Å². The molecule has 1 amide bonds. The zero-order valence-corrected chi connectivity index (χ0v) is 7.98. The van der Waals surface area contributed by atoms with Gasteiger partial charge < -0.3 is 15.7 Å². The Bertz CT molecular complexity index is 146. The summed E-state index contributed by atoms with van der Waals surface area (Å²) in [6.07, 6.45) is 0. The van der Waals surface area contributed by atoms with Crippen LogP contribution in [0, 0.1) is 0 Å². The Balaban J connectivity index is 3.60. The van der Waals surface area contributed by atoms with Crippen LogP contribution in [0.3, 0.4) is 0 Å². The SMILES string of the molecule is CCNC(=O)CNC(C)(C)CO. The van der Waals surface area contributed by atoms with Crippen molar-refractivity contribution in [3.63, 3.8) is 0 Å². The van der Waals surface area contributed by atoms with Crippen molar-refractivity contribution in [3.05, 3.63) is 0 Å². The molecular formula is C8H18N2O2. The largest absolute Gasteiger partial charge is 0.394 e. The molecule has 0 fully saturated rings. The lowest BCUT2D eigenvalue weighted by molar-refractivity contribution is -0.120. The van der Waals surface area contributed by atoms with Crippen LogP contribution in [-0.2, 0) is 4.79 Å². The molecule has 0 aliphatic heterocycles. The van der Waals surface area contributed by atoms with E-state index in [-0.39, 0.29) is 24.6 Å². The van der Waals surface area contributed by atoms with E-state index >= 15 is 0 Å². The van der Waals surface area contributed by atoms with Gasteiger partial charge in [-0.05, 0) is 20.8 Å². The van der Waals surface area contributed by atoms with E-state index in [0.717, 1.165) is 0 Å². The number of amides is 1. The van der Waals surface area contributed by atoms with Crippen LogP contribution in [0.2, 0.25) is 0 Å². The normalized spacial score (nSPS) is 11.3. The van der Waals surface area contributed by atoms with Crippen LogP contribution in [0.25, 0.3) is 0 Å². The zero-order valence-electron chi connectivity index (χ0n) is 7.98. The fourth-order valence-electron chi connectivity index (χ4n) is 0.635. The molecule has 0 heterocycles. The van der Waals surface area contributed by atoms with Gasteiger partial charge in [-0.1, -0.05) is 0 Å². The number of likely N-dealkylation sites (N-methyl/N-ethyl adjacent to an activating group) is 1. The number of carbonyl (C=O) groups excluding carboxylic acids is 1. The molecule has 0 radical (unpaired) electrons. The van der Waals surface area contributed by atoms with Gasteiger partial charge in [0.1, 0.15) is 0 Å². The highest BCUT2D eigenvalue weighted by atomic mass is 16.3. The zero-order chi connectivity index (χ0) is 9.61. The van der Waals surface area contributed by atoms with Crippen LogP contribution >= 0.6 is 0 Å². The van der Waals surface area contributed by atoms with Crippen LogP contribution in [0.4, 0.5) is 0 Å². The lowest BCUT2D eigenvalue weighted by atomic mass is 10.1. The van der Waals surface area contributed by atoms with Gasteiger partial charge in [-0.3, -0.25) is 4.79 Å². The third kappa shape index (κ3) is 5.09. The minimum absolute atomic E-state index is 0.0202. The van der Waals surface area contributed by atoms with E-state index in [2.05, 4.69) is 10.6 Å². The van der Waals surface area contributed by atoms with Crippen molar-refractivity contribution in [2.75, 3.05) is 19.7 Å². The molecule has 0 unspecified atom stereocenters. The molecule has 0 aromatic carbocycles. The van der Waals surface area contributed by atoms with Gasteiger partial charge in [0.25, 0.3) is 0 Å². The van der Waals surface area contributed by atoms with E-state index in [4.69, 9.17) is 5.11 Å². The number of aliphatic hydroxyl groups is 1. The van der Waals surface area contributed by atoms with Crippen molar-refractivity contribution in [1.29, 1.82) is 0 Å². The standard InChI is InChI=1S/C8H18N2O2/c1-4-9-7(12)5-10-8(2,3)6-11/h10-11H,4-6H2,1-3H3,(H,9,12). The lowest BCUT2D eigenvalue weighted by Gasteiger charge is -2.22. The molecule has 3 N–H and O–H groups in total. The fourth-order valence-corrected chi connectivity index (χ4v) is 0.635. The Labute approximate surface area is 73.3 Å². The number of carbonyl (C=O) groups is 1. The smallest absolute Gasteiger partial charge is 0.233 e. The molecule has 0 aliphatic carbocycles. The van der Waals surface area contributed by atoms with Gasteiger partial charge in [-0.25, -0.2) is 0 Å². The topological polar surface area (TPSA) is 61.4 Å². The Morgan fingerprint density at radius 3 is 2.50 bits per heavy atom. The first kappa shape index (κ1) is 11.4. The van der Waals surface area contributed by atoms with Gasteiger partial charge in [0.15, 0.2) is 0 Å². The van der Waals surface area contributed by atoms with Gasteiger partial charge in [-0.2, -0.15) is 0 Å². The quantitative estimate of drug-likeness (QED) is 0.526. The first-order valence-corrected chi connectivity index (χ1v) is 4.14. The molecule has 0 saturated carbocycles. The maximum atomic E-state index is 11.0. The predicted octanol–water partition coefficient (Wildman–Crippen LogP) is -0.517. The van der Waals surface area contributed by atoms with Crippen LogP contribution < -0.4 is 10.6 Å². The second-order valence-corrected chi connectivity index (χ2v) is 3.35. The Kier molecular flexibility index (Phi) is 4.85. The van der Waals surface area contributed by atoms with Crippen LogP contribution in [0.5, 0.6) is 0 Å². The van der Waals surface area contributed by atoms with Crippen molar-refractivity contribution in [1.82, 2.24) is 10.6 Å². The molecule has 4 nitrogen and oxygen atoms in total. The molecule has 0 spiro atoms. The van der Waals surface area contributed by atoms with Crippen LogP contribution in [0.15, 0.2) is 0 Å². The molecule has 0 aromatic heterocycles. The van der Waals surface area contributed by atoms with Gasteiger partial charge in [-0.15, -0.1) is 0 Å². The average molecular weight is 174 g/mol.